The molecule has 4 atom stereocenters. The van der Waals surface area contributed by atoms with E-state index in [0.29, 0.717) is 25.7 Å². The third kappa shape index (κ3) is 14.1. The van der Waals surface area contributed by atoms with Crippen LogP contribution in [0.1, 0.15) is 52.4 Å². The van der Waals surface area contributed by atoms with Crippen molar-refractivity contribution in [2.75, 3.05) is 32.7 Å². The van der Waals surface area contributed by atoms with Crippen molar-refractivity contribution in [2.45, 2.75) is 76.5 Å². The largest absolute Gasteiger partial charge is 0.480 e. The summed E-state index contributed by atoms with van der Waals surface area (Å²) >= 11 is 0. The maximum absolute atomic E-state index is 13.1. The molecule has 0 saturated carbocycles. The maximum atomic E-state index is 13.1. The van der Waals surface area contributed by atoms with Crippen molar-refractivity contribution in [3.05, 3.63) is 0 Å². The monoisotopic (exact) mass is 640 g/mol. The predicted octanol–water partition coefficient (Wildman–Crippen LogP) is -4.65. The molecule has 1 aliphatic rings. The molecule has 1 heterocycles. The van der Waals surface area contributed by atoms with Crippen LogP contribution in [0.15, 0.2) is 9.98 Å². The fourth-order valence-corrected chi connectivity index (χ4v) is 4.56. The number of carboxylic acids is 1. The van der Waals surface area contributed by atoms with Crippen LogP contribution in [0.3, 0.4) is 0 Å². The van der Waals surface area contributed by atoms with Gasteiger partial charge in [-0.15, -0.1) is 0 Å². The first kappa shape index (κ1) is 38.3. The van der Waals surface area contributed by atoms with E-state index in [1.165, 1.54) is 4.90 Å². The molecule has 254 valence electrons. The molecular formula is C26H48N12O7. The highest BCUT2D eigenvalue weighted by Crippen LogP contribution is 2.18. The minimum Gasteiger partial charge on any atom is -0.480 e. The van der Waals surface area contributed by atoms with Gasteiger partial charge in [-0.2, -0.15) is 0 Å². The second-order valence-corrected chi connectivity index (χ2v) is 10.8. The molecule has 0 radical (unpaired) electrons. The lowest BCUT2D eigenvalue weighted by Crippen LogP contribution is -2.57. The van der Waals surface area contributed by atoms with Gasteiger partial charge in [0.25, 0.3) is 0 Å². The predicted molar refractivity (Wildman–Crippen MR) is 165 cm³/mol. The maximum Gasteiger partial charge on any atom is 0.326 e. The van der Waals surface area contributed by atoms with Gasteiger partial charge in [-0.3, -0.25) is 34.0 Å². The van der Waals surface area contributed by atoms with E-state index in [2.05, 4.69) is 31.3 Å². The Balaban J connectivity index is 2.89. The lowest BCUT2D eigenvalue weighted by atomic mass is 10.0. The van der Waals surface area contributed by atoms with Crippen LogP contribution in [0.2, 0.25) is 0 Å². The van der Waals surface area contributed by atoms with Crippen LogP contribution >= 0.6 is 0 Å². The van der Waals surface area contributed by atoms with Crippen molar-refractivity contribution in [1.29, 1.82) is 0 Å². The third-order valence-corrected chi connectivity index (χ3v) is 6.88. The highest BCUT2D eigenvalue weighted by atomic mass is 16.4. The van der Waals surface area contributed by atoms with Crippen LogP contribution in [0, 0.1) is 5.92 Å². The molecule has 1 rings (SSSR count). The molecule has 1 aliphatic heterocycles. The number of hydrogen-bond donors (Lipinski definition) is 10. The van der Waals surface area contributed by atoms with E-state index in [-0.39, 0.29) is 56.9 Å². The van der Waals surface area contributed by atoms with Gasteiger partial charge in [0, 0.05) is 19.6 Å². The lowest BCUT2D eigenvalue weighted by Gasteiger charge is -2.27. The smallest absolute Gasteiger partial charge is 0.326 e. The zero-order valence-corrected chi connectivity index (χ0v) is 25.8. The molecule has 0 aromatic rings. The van der Waals surface area contributed by atoms with Crippen LogP contribution in [0.5, 0.6) is 0 Å². The van der Waals surface area contributed by atoms with Gasteiger partial charge in [0.2, 0.25) is 29.5 Å². The molecule has 0 aliphatic carbocycles. The first-order valence-electron chi connectivity index (χ1n) is 14.7. The molecule has 45 heavy (non-hydrogen) atoms. The van der Waals surface area contributed by atoms with Crippen LogP contribution in [-0.4, -0.2) is 114 Å². The summed E-state index contributed by atoms with van der Waals surface area (Å²) in [6, 6.07) is -4.22. The molecule has 19 heteroatoms. The molecule has 0 bridgehead atoms. The van der Waals surface area contributed by atoms with Gasteiger partial charge < -0.3 is 59.9 Å². The van der Waals surface area contributed by atoms with E-state index in [4.69, 9.17) is 28.7 Å². The van der Waals surface area contributed by atoms with Crippen molar-refractivity contribution in [3.63, 3.8) is 0 Å². The Morgan fingerprint density at radius 3 is 1.96 bits per heavy atom. The quantitative estimate of drug-likeness (QED) is 0.0362. The molecule has 1 fully saturated rings. The van der Waals surface area contributed by atoms with Gasteiger partial charge in [-0.1, -0.05) is 13.8 Å². The first-order chi connectivity index (χ1) is 21.2. The number of likely N-dealkylation sites (tertiary alicyclic amines) is 1. The van der Waals surface area contributed by atoms with E-state index in [9.17, 15) is 33.9 Å². The highest BCUT2D eigenvalue weighted by Gasteiger charge is 2.36. The van der Waals surface area contributed by atoms with Crippen molar-refractivity contribution < 1.29 is 33.9 Å². The summed E-state index contributed by atoms with van der Waals surface area (Å²) in [6.07, 6.45) is 1.58. The van der Waals surface area contributed by atoms with Gasteiger partial charge in [-0.25, -0.2) is 4.79 Å². The number of carbonyl (C=O) groups is 6. The number of rotatable bonds is 19. The summed E-state index contributed by atoms with van der Waals surface area (Å²) in [5.74, 6) is -4.90. The van der Waals surface area contributed by atoms with E-state index in [1.807, 2.05) is 0 Å². The Labute approximate surface area is 261 Å². The molecule has 5 amide bonds. The van der Waals surface area contributed by atoms with Crippen molar-refractivity contribution in [2.24, 2.45) is 44.6 Å². The van der Waals surface area contributed by atoms with Crippen LogP contribution in [0.25, 0.3) is 0 Å². The van der Waals surface area contributed by atoms with Crippen molar-refractivity contribution >= 4 is 47.4 Å². The minimum absolute atomic E-state index is 0.0679. The number of nitrogens with zero attached hydrogens (tertiary/aromatic N) is 3. The summed E-state index contributed by atoms with van der Waals surface area (Å²) < 4.78 is 0. The topological polar surface area (TPSA) is 329 Å². The Kier molecular flexibility index (Phi) is 16.7. The fraction of sp³-hybridized carbons (Fsp3) is 0.692. The number of hydrogen-bond acceptors (Lipinski definition) is 9. The lowest BCUT2D eigenvalue weighted by molar-refractivity contribution is -0.144. The van der Waals surface area contributed by atoms with Crippen LogP contribution in [-0.2, 0) is 28.8 Å². The number of aliphatic imine (C=N–C) groups is 2. The van der Waals surface area contributed by atoms with Crippen LogP contribution in [0.4, 0.5) is 0 Å². The van der Waals surface area contributed by atoms with Crippen LogP contribution < -0.4 is 49.9 Å². The normalized spacial score (nSPS) is 16.1. The van der Waals surface area contributed by atoms with Gasteiger partial charge in [0.15, 0.2) is 11.9 Å². The molecule has 19 nitrogen and oxygen atoms in total. The zero-order chi connectivity index (χ0) is 34.1. The molecule has 0 unspecified atom stereocenters. The van der Waals surface area contributed by atoms with Gasteiger partial charge in [0.05, 0.1) is 13.1 Å². The zero-order valence-electron chi connectivity index (χ0n) is 25.8. The standard InChI is InChI=1S/C26H48N12O7/c1-14(2)20(37-18(39)12-27)23(43)35-15(6-3-9-32-25(28)29)21(41)34-13-19(40)38-11-5-8-17(38)22(42)36-16(24(44)45)7-4-10-33-26(30)31/h14-17,20H,3-13,27H2,1-2H3,(H,34,41)(H,35,43)(H,36,42)(H,37,39)(H,44,45)(H4,28,29,32)(H4,30,31,33)/t15-,16-,17-,20-/m0/s1. The Morgan fingerprint density at radius 2 is 1.44 bits per heavy atom. The summed E-state index contributed by atoms with van der Waals surface area (Å²) in [5.41, 5.74) is 26.6. The fourth-order valence-electron chi connectivity index (χ4n) is 4.56. The molecule has 15 N–H and O–H groups in total. The summed E-state index contributed by atoms with van der Waals surface area (Å²) in [7, 11) is 0. The number of nitrogens with two attached hydrogens (primary N) is 5. The highest BCUT2D eigenvalue weighted by molar-refractivity contribution is 5.95. The second-order valence-electron chi connectivity index (χ2n) is 10.8. The summed E-state index contributed by atoms with van der Waals surface area (Å²) in [4.78, 5) is 84.6. The molecule has 0 aromatic heterocycles. The second kappa shape index (κ2) is 19.6. The number of carboxylic acid groups (broad SMARTS) is 1. The Morgan fingerprint density at radius 1 is 0.867 bits per heavy atom. The molecule has 0 aromatic carbocycles. The van der Waals surface area contributed by atoms with Crippen molar-refractivity contribution in [1.82, 2.24) is 26.2 Å². The number of nitrogens with one attached hydrogen (secondary N) is 4. The number of carbonyl (C=O) groups excluding carboxylic acids is 5. The molecule has 0 spiro atoms. The number of aliphatic carboxylic acids is 1. The third-order valence-electron chi connectivity index (χ3n) is 6.88. The Bertz CT molecular complexity index is 1110. The van der Waals surface area contributed by atoms with Gasteiger partial charge >= 0.3 is 5.97 Å². The van der Waals surface area contributed by atoms with Crippen molar-refractivity contribution in [3.8, 4) is 0 Å². The first-order valence-corrected chi connectivity index (χ1v) is 14.7. The molecular weight excluding hydrogens is 592 g/mol. The minimum atomic E-state index is -1.24. The molecule has 1 saturated heterocycles. The van der Waals surface area contributed by atoms with Gasteiger partial charge in [-0.05, 0) is 44.4 Å². The van der Waals surface area contributed by atoms with E-state index < -0.39 is 66.2 Å². The number of guanidine groups is 2. The average molecular weight is 641 g/mol. The SMILES string of the molecule is CC(C)[C@H](NC(=O)CN)C(=O)N[C@@H](CCCN=C(N)N)C(=O)NCC(=O)N1CCC[C@H]1C(=O)N[C@@H](CCCN=C(N)N)C(=O)O. The summed E-state index contributed by atoms with van der Waals surface area (Å²) in [5, 5.41) is 19.6. The van der Waals surface area contributed by atoms with E-state index in [1.54, 1.807) is 13.8 Å². The van der Waals surface area contributed by atoms with E-state index >= 15 is 0 Å². The summed E-state index contributed by atoms with van der Waals surface area (Å²) in [6.45, 7) is 3.20. The number of amides is 5. The Hall–Kier alpha value is -4.68. The van der Waals surface area contributed by atoms with E-state index in [0.717, 1.165) is 0 Å². The van der Waals surface area contributed by atoms with Gasteiger partial charge in [0.1, 0.15) is 24.2 Å². The average Bonchev–Trinajstić information content (AvgIpc) is 3.47.